The van der Waals surface area contributed by atoms with Gasteiger partial charge in [-0.05, 0) is 59.2 Å². The van der Waals surface area contributed by atoms with E-state index in [-0.39, 0.29) is 31.6 Å². The van der Waals surface area contributed by atoms with Crippen LogP contribution in [0.25, 0.3) is 77.4 Å². The molecule has 2 heterocycles. The van der Waals surface area contributed by atoms with Gasteiger partial charge in [-0.15, -0.1) is 0 Å². The van der Waals surface area contributed by atoms with Crippen molar-refractivity contribution < 1.29 is 110 Å². The lowest BCUT2D eigenvalue weighted by molar-refractivity contribution is -0.178. The summed E-state index contributed by atoms with van der Waals surface area (Å²) < 4.78 is 20.0. The first-order valence-corrected chi connectivity index (χ1v) is 17.8. The first kappa shape index (κ1) is 39.5. The molecule has 18 N–H and O–H groups in total. The Morgan fingerprint density at radius 2 is 0.738 bits per heavy atom. The number of phenolic OH excluding ortho intramolecular Hbond substituents is 15. The van der Waals surface area contributed by atoms with Gasteiger partial charge in [0.1, 0.15) is 5.75 Å². The Hall–Kier alpha value is -8.35. The number of hydrogen-bond acceptors (Lipinski definition) is 22. The third-order valence-electron chi connectivity index (χ3n) is 10.4. The summed E-state index contributed by atoms with van der Waals surface area (Å²) in [6.45, 7) is 2.86. The summed E-state index contributed by atoms with van der Waals surface area (Å²) in [4.78, 5) is 0. The van der Waals surface area contributed by atoms with Gasteiger partial charge < -0.3 is 96.3 Å². The summed E-state index contributed by atoms with van der Waals surface area (Å²) in [5.41, 5.74) is -2.66. The average molecular weight is 961 g/mol. The van der Waals surface area contributed by atoms with Crippen molar-refractivity contribution in [1.29, 1.82) is 0 Å². The molecule has 2 aliphatic heterocycles. The number of benzene rings is 6. The van der Waals surface area contributed by atoms with Crippen molar-refractivity contribution >= 4 is 54.9 Å². The molecule has 0 amide bonds. The largest absolute Gasteiger partial charge is 0.506 e. The molecule has 0 aliphatic carbocycles. The van der Waals surface area contributed by atoms with Gasteiger partial charge in [0.2, 0.25) is 57.5 Å². The van der Waals surface area contributed by atoms with E-state index in [1.165, 1.54) is 19.9 Å². The number of rotatable bonds is 3. The van der Waals surface area contributed by atoms with Crippen LogP contribution in [0.5, 0.6) is 104 Å². The number of fused-ring (bicyclic) bond motifs is 4. The maximum absolute atomic E-state index is 11.8. The minimum Gasteiger partial charge on any atom is -0.506 e. The lowest BCUT2D eigenvalue weighted by Gasteiger charge is -2.25. The summed E-state index contributed by atoms with van der Waals surface area (Å²) in [5.74, 6) is -26.3. The highest BCUT2D eigenvalue weighted by Gasteiger charge is 2.38. The molecule has 0 atom stereocenters. The van der Waals surface area contributed by atoms with Crippen molar-refractivity contribution in [2.75, 3.05) is 0 Å². The van der Waals surface area contributed by atoms with E-state index in [0.29, 0.717) is 0 Å². The number of aromatic hydroxyl groups is 18. The predicted octanol–water partition coefficient (Wildman–Crippen LogP) is 6.67. The second-order valence-electron chi connectivity index (χ2n) is 13.5. The van der Waals surface area contributed by atoms with Gasteiger partial charge >= 0.3 is 5.95 Å². The molecule has 61 heavy (non-hydrogen) atoms. The maximum atomic E-state index is 11.8. The molecular formula is C38H25IO22. The van der Waals surface area contributed by atoms with Gasteiger partial charge in [-0.1, -0.05) is 4.74 Å². The Bertz CT molecular complexity index is 3240. The summed E-state index contributed by atoms with van der Waals surface area (Å²) in [6, 6.07) is 1.27. The molecular weight excluding hydrogens is 935 g/mol. The van der Waals surface area contributed by atoms with Crippen LogP contribution in [0.4, 0.5) is 0 Å². The monoisotopic (exact) mass is 960 g/mol. The van der Waals surface area contributed by atoms with Gasteiger partial charge in [-0.3, -0.25) is 0 Å². The second-order valence-corrected chi connectivity index (χ2v) is 14.6. The summed E-state index contributed by atoms with van der Waals surface area (Å²) in [5, 5.41) is 192. The van der Waals surface area contributed by atoms with Crippen molar-refractivity contribution in [1.82, 2.24) is 0 Å². The Morgan fingerprint density at radius 1 is 0.344 bits per heavy atom. The summed E-state index contributed by atoms with van der Waals surface area (Å²) in [7, 11) is 0. The van der Waals surface area contributed by atoms with Crippen LogP contribution in [0, 0.1) is 17.4 Å². The first-order valence-electron chi connectivity index (χ1n) is 16.7. The first-order chi connectivity index (χ1) is 28.6. The molecule has 0 saturated heterocycles. The molecule has 316 valence electrons. The lowest BCUT2D eigenvalue weighted by atomic mass is 9.80. The van der Waals surface area contributed by atoms with E-state index in [4.69, 9.17) is 13.6 Å². The maximum Gasteiger partial charge on any atom is 0.330 e. The van der Waals surface area contributed by atoms with Crippen molar-refractivity contribution in [3.05, 3.63) is 20.8 Å². The van der Waals surface area contributed by atoms with Gasteiger partial charge in [0.15, 0.2) is 46.0 Å². The highest BCUT2D eigenvalue weighted by atomic mass is 127. The molecule has 22 nitrogen and oxygen atoms in total. The van der Waals surface area contributed by atoms with Crippen LogP contribution in [0.3, 0.4) is 0 Å². The molecule has 23 heteroatoms. The topological polar surface area (TPSA) is 417 Å². The van der Waals surface area contributed by atoms with Crippen LogP contribution in [0.1, 0.15) is 11.1 Å². The Balaban J connectivity index is 1.63. The zero-order valence-electron chi connectivity index (χ0n) is 30.1. The third-order valence-corrected chi connectivity index (χ3v) is 11.3. The van der Waals surface area contributed by atoms with Crippen LogP contribution in [0.2, 0.25) is 0 Å². The van der Waals surface area contributed by atoms with Gasteiger partial charge in [0, 0.05) is 41.8 Å². The van der Waals surface area contributed by atoms with Crippen LogP contribution in [0.15, 0.2) is 24.4 Å². The predicted molar refractivity (Wildman–Crippen MR) is 211 cm³/mol. The Kier molecular flexibility index (Phi) is 8.30. The molecule has 6 aromatic rings. The normalized spacial score (nSPS) is 11.7. The fourth-order valence-corrected chi connectivity index (χ4v) is 8.40. The molecule has 8 rings (SSSR count). The number of phenols is 15. The average Bonchev–Trinajstić information content (AvgIpc) is 3.23. The molecule has 0 fully saturated rings. The molecule has 0 bridgehead atoms. The number of halogens is 1. The van der Waals surface area contributed by atoms with Crippen molar-refractivity contribution in [2.24, 2.45) is 0 Å². The molecule has 0 aromatic heterocycles. The fourth-order valence-electron chi connectivity index (χ4n) is 7.44. The van der Waals surface area contributed by atoms with Crippen LogP contribution < -0.4 is 0 Å². The minimum absolute atomic E-state index is 0.0591. The zero-order valence-corrected chi connectivity index (χ0v) is 32.3. The molecule has 2 aliphatic rings. The zero-order chi connectivity index (χ0) is 44.7. The van der Waals surface area contributed by atoms with E-state index in [1.807, 2.05) is 0 Å². The lowest BCUT2D eigenvalue weighted by Crippen LogP contribution is -2.00. The fraction of sp³-hybridized carbons (Fsp3) is 0.0526. The molecule has 0 saturated carbocycles. The molecule has 0 radical (unpaired) electrons. The van der Waals surface area contributed by atoms with Gasteiger partial charge in [-0.25, -0.2) is 9.15 Å². The SMILES string of the molecule is Cc1c(-c2c3c(O)c(O)c(O)c(O)c3c(-c3c(O)c(O)c4c(O)c(O)c(O)c(O)c4c3O)c3c(O)c(O)c(O)c(O)c23)cc(I)c(-c2oooc3c(O)c(O)c(O)oc2-3)c1C. The summed E-state index contributed by atoms with van der Waals surface area (Å²) in [6.07, 6.45) is 0. The summed E-state index contributed by atoms with van der Waals surface area (Å²) >= 11 is 1.74. The van der Waals surface area contributed by atoms with E-state index in [2.05, 4.69) is 4.74 Å². The second kappa shape index (κ2) is 12.8. The quantitative estimate of drug-likeness (QED) is 0.0289. The molecule has 0 unspecified atom stereocenters. The van der Waals surface area contributed by atoms with E-state index < -0.39 is 164 Å². The van der Waals surface area contributed by atoms with Gasteiger partial charge in [0.25, 0.3) is 5.76 Å². The van der Waals surface area contributed by atoms with E-state index in [9.17, 15) is 91.9 Å². The highest BCUT2D eigenvalue weighted by molar-refractivity contribution is 14.1. The van der Waals surface area contributed by atoms with Crippen molar-refractivity contribution in [2.45, 2.75) is 13.8 Å². The Morgan fingerprint density at radius 3 is 1.21 bits per heavy atom. The van der Waals surface area contributed by atoms with Crippen molar-refractivity contribution in [3.63, 3.8) is 0 Å². The van der Waals surface area contributed by atoms with Gasteiger partial charge in [0.05, 0.1) is 16.3 Å². The van der Waals surface area contributed by atoms with E-state index in [1.54, 1.807) is 22.6 Å². The highest BCUT2D eigenvalue weighted by Crippen LogP contribution is 2.66. The smallest absolute Gasteiger partial charge is 0.330 e. The Labute approximate surface area is 347 Å². The standard InChI is InChI=1S/C38H25IO22/c1-4-5(2)8(35-37-36(60-61-59-35)33(55)34(56)38(57)58-37)7(39)3-6(4)9-11-13(21(43)29(51)27(49)19(11)41)10(14-12(9)20(42)28(50)30(52)22(14)44)15-18(40)16-17(24(46)23(15)45)26(48)32(54)31(53)25(16)47/h3,40-57H,1-2H3. The minimum atomic E-state index is -1.52. The third kappa shape index (κ3) is 4.87. The number of hydrogen-bond donors (Lipinski definition) is 18. The molecule has 6 aromatic carbocycles. The molecule has 0 spiro atoms. The van der Waals surface area contributed by atoms with E-state index in [0.717, 1.165) is 0 Å². The van der Waals surface area contributed by atoms with Crippen LogP contribution in [-0.2, 0) is 0 Å². The van der Waals surface area contributed by atoms with Gasteiger partial charge in [-0.2, -0.15) is 0 Å². The van der Waals surface area contributed by atoms with Crippen molar-refractivity contribution in [3.8, 4) is 149 Å². The van der Waals surface area contributed by atoms with Crippen LogP contribution in [-0.4, -0.2) is 91.9 Å². The van der Waals surface area contributed by atoms with Crippen LogP contribution >= 0.6 is 22.6 Å². The van der Waals surface area contributed by atoms with E-state index >= 15 is 0 Å².